The van der Waals surface area contributed by atoms with E-state index in [1.807, 2.05) is 6.07 Å². The van der Waals surface area contributed by atoms with E-state index in [9.17, 15) is 14.0 Å². The Morgan fingerprint density at radius 1 is 1.32 bits per heavy atom. The number of benzene rings is 2. The van der Waals surface area contributed by atoms with Crippen LogP contribution >= 0.6 is 33.9 Å². The zero-order valence-electron chi connectivity index (χ0n) is 20.1. The number of fused-ring (bicyclic) bond motifs is 1. The molecule has 1 atom stereocenters. The maximum atomic E-state index is 13.7. The monoisotopic (exact) mass is 633 g/mol. The summed E-state index contributed by atoms with van der Waals surface area (Å²) in [5.74, 6) is -0.153. The zero-order chi connectivity index (χ0) is 26.7. The van der Waals surface area contributed by atoms with Gasteiger partial charge in [-0.15, -0.1) is 0 Å². The average Bonchev–Trinajstić information content (AvgIpc) is 3.17. The Bertz CT molecular complexity index is 1620. The number of aromatic nitrogens is 1. The van der Waals surface area contributed by atoms with Crippen molar-refractivity contribution in [3.8, 4) is 17.6 Å². The van der Waals surface area contributed by atoms with Gasteiger partial charge in [-0.3, -0.25) is 9.36 Å². The number of esters is 1. The highest BCUT2D eigenvalue weighted by atomic mass is 127. The Labute approximate surface area is 229 Å². The third-order valence-corrected chi connectivity index (χ3v) is 7.32. The van der Waals surface area contributed by atoms with E-state index in [0.29, 0.717) is 41.2 Å². The molecule has 0 amide bonds. The first-order chi connectivity index (χ1) is 17.8. The van der Waals surface area contributed by atoms with Gasteiger partial charge >= 0.3 is 5.97 Å². The summed E-state index contributed by atoms with van der Waals surface area (Å²) in [6.45, 7) is 3.41. The van der Waals surface area contributed by atoms with E-state index in [-0.39, 0.29) is 24.3 Å². The summed E-state index contributed by atoms with van der Waals surface area (Å²) in [5.41, 5.74) is 1.53. The van der Waals surface area contributed by atoms with Gasteiger partial charge in [-0.25, -0.2) is 14.2 Å². The fraction of sp³-hybridized carbons (Fsp3) is 0.231. The molecule has 4 rings (SSSR count). The Kier molecular flexibility index (Phi) is 8.09. The Balaban J connectivity index is 1.90. The van der Waals surface area contributed by atoms with Crippen LogP contribution in [0, 0.1) is 20.7 Å². The largest absolute Gasteiger partial charge is 0.493 e. The zero-order valence-corrected chi connectivity index (χ0v) is 23.1. The minimum atomic E-state index is -0.825. The average molecular weight is 633 g/mol. The van der Waals surface area contributed by atoms with Crippen molar-refractivity contribution in [2.24, 2.45) is 4.99 Å². The smallest absolute Gasteiger partial charge is 0.338 e. The molecule has 0 fully saturated rings. The van der Waals surface area contributed by atoms with Gasteiger partial charge in [0.2, 0.25) is 0 Å². The predicted octanol–water partition coefficient (Wildman–Crippen LogP) is 3.45. The number of nitrogens with zero attached hydrogens (tertiary/aromatic N) is 3. The van der Waals surface area contributed by atoms with Crippen LogP contribution in [0.15, 0.2) is 57.5 Å². The minimum absolute atomic E-state index is 0.129. The number of hydrogen-bond donors (Lipinski definition) is 0. The molecule has 8 nitrogen and oxygen atoms in total. The maximum absolute atomic E-state index is 13.7. The number of allylic oxidation sites excluding steroid dienone is 1. The first kappa shape index (κ1) is 26.6. The van der Waals surface area contributed by atoms with E-state index < -0.39 is 17.8 Å². The lowest BCUT2D eigenvalue weighted by atomic mass is 9.96. The van der Waals surface area contributed by atoms with E-state index in [1.54, 1.807) is 44.2 Å². The highest BCUT2D eigenvalue weighted by molar-refractivity contribution is 14.1. The van der Waals surface area contributed by atoms with Gasteiger partial charge in [-0.2, -0.15) is 5.26 Å². The first-order valence-electron chi connectivity index (χ1n) is 11.1. The SMILES string of the molecule is CCOC(=O)C1=C(C)N=c2s/c(=C\c3cc(I)c(OCC#N)c(OC)c3)c(=O)n2[C@H]1c1ccc(F)cc1. The van der Waals surface area contributed by atoms with Gasteiger partial charge in [-0.1, -0.05) is 23.5 Å². The minimum Gasteiger partial charge on any atom is -0.493 e. The molecule has 2 heterocycles. The highest BCUT2D eigenvalue weighted by Crippen LogP contribution is 2.34. The van der Waals surface area contributed by atoms with Crippen molar-refractivity contribution in [2.75, 3.05) is 20.3 Å². The number of ether oxygens (including phenoxy) is 3. The van der Waals surface area contributed by atoms with E-state index >= 15 is 0 Å². The van der Waals surface area contributed by atoms with Crippen molar-refractivity contribution in [2.45, 2.75) is 19.9 Å². The third kappa shape index (κ3) is 5.30. The number of halogens is 2. The van der Waals surface area contributed by atoms with Gasteiger partial charge in [-0.05, 0) is 77.9 Å². The molecule has 190 valence electrons. The second-order valence-electron chi connectivity index (χ2n) is 7.83. The molecule has 1 aromatic heterocycles. The van der Waals surface area contributed by atoms with Crippen LogP contribution in [0.25, 0.3) is 6.08 Å². The Morgan fingerprint density at radius 2 is 2.05 bits per heavy atom. The van der Waals surface area contributed by atoms with Crippen LogP contribution in [0.1, 0.15) is 31.0 Å². The molecule has 3 aromatic rings. The molecule has 2 aromatic carbocycles. The quantitative estimate of drug-likeness (QED) is 0.292. The van der Waals surface area contributed by atoms with Gasteiger partial charge in [0.25, 0.3) is 5.56 Å². The topological polar surface area (TPSA) is 103 Å². The molecule has 11 heteroatoms. The molecule has 0 bridgehead atoms. The molecular weight excluding hydrogens is 612 g/mol. The van der Waals surface area contributed by atoms with Gasteiger partial charge in [0.05, 0.1) is 39.1 Å². The summed E-state index contributed by atoms with van der Waals surface area (Å²) in [6.07, 6.45) is 1.70. The number of carbonyl (C=O) groups excluding carboxylic acids is 1. The second-order valence-corrected chi connectivity index (χ2v) is 10.0. The highest BCUT2D eigenvalue weighted by Gasteiger charge is 2.33. The predicted molar refractivity (Wildman–Crippen MR) is 144 cm³/mol. The van der Waals surface area contributed by atoms with Crippen molar-refractivity contribution >= 4 is 46.0 Å². The van der Waals surface area contributed by atoms with Crippen LogP contribution in [-0.4, -0.2) is 30.9 Å². The normalized spacial score (nSPS) is 15.0. The molecule has 0 radical (unpaired) electrons. The molecule has 0 unspecified atom stereocenters. The van der Waals surface area contributed by atoms with Crippen molar-refractivity contribution in [1.82, 2.24) is 4.57 Å². The molecule has 0 aliphatic carbocycles. The van der Waals surface area contributed by atoms with Crippen molar-refractivity contribution < 1.29 is 23.4 Å². The number of nitriles is 1. The lowest BCUT2D eigenvalue weighted by Crippen LogP contribution is -2.39. The maximum Gasteiger partial charge on any atom is 0.338 e. The molecule has 0 spiro atoms. The summed E-state index contributed by atoms with van der Waals surface area (Å²) >= 11 is 3.25. The molecule has 0 N–H and O–H groups in total. The molecule has 0 saturated carbocycles. The lowest BCUT2D eigenvalue weighted by molar-refractivity contribution is -0.139. The van der Waals surface area contributed by atoms with Crippen LogP contribution in [0.5, 0.6) is 11.5 Å². The van der Waals surface area contributed by atoms with Crippen molar-refractivity contribution in [3.63, 3.8) is 0 Å². The van der Waals surface area contributed by atoms with E-state index in [1.165, 1.54) is 35.1 Å². The number of carbonyl (C=O) groups is 1. The standard InChI is InChI=1S/C26H21FIN3O5S/c1-4-35-25(33)21-14(2)30-26-31(22(21)16-5-7-17(27)8-6-16)24(32)20(37-26)13-15-11-18(28)23(36-10-9-29)19(12-15)34-3/h5-8,11-13,22H,4,10H2,1-3H3/b20-13-/t22-/m0/s1. The summed E-state index contributed by atoms with van der Waals surface area (Å²) in [5, 5.41) is 8.84. The fourth-order valence-electron chi connectivity index (χ4n) is 3.97. The van der Waals surface area contributed by atoms with Crippen LogP contribution in [0.4, 0.5) is 4.39 Å². The van der Waals surface area contributed by atoms with Gasteiger partial charge < -0.3 is 14.2 Å². The van der Waals surface area contributed by atoms with E-state index in [4.69, 9.17) is 19.5 Å². The van der Waals surface area contributed by atoms with E-state index in [2.05, 4.69) is 27.6 Å². The van der Waals surface area contributed by atoms with Crippen LogP contribution in [0.2, 0.25) is 0 Å². The summed E-state index contributed by atoms with van der Waals surface area (Å²) in [6, 6.07) is 10.3. The second kappa shape index (κ2) is 11.3. The van der Waals surface area contributed by atoms with Crippen LogP contribution in [0.3, 0.4) is 0 Å². The molecule has 0 saturated heterocycles. The fourth-order valence-corrected chi connectivity index (χ4v) is 5.80. The molecule has 1 aliphatic heterocycles. The van der Waals surface area contributed by atoms with Crippen molar-refractivity contribution in [3.05, 3.63) is 87.9 Å². The third-order valence-electron chi connectivity index (χ3n) is 5.53. The number of methoxy groups -OCH3 is 1. The Morgan fingerprint density at radius 3 is 2.70 bits per heavy atom. The van der Waals surface area contributed by atoms with Crippen molar-refractivity contribution in [1.29, 1.82) is 5.26 Å². The molecule has 1 aliphatic rings. The number of rotatable bonds is 7. The summed E-state index contributed by atoms with van der Waals surface area (Å²) in [4.78, 5) is 31.5. The van der Waals surface area contributed by atoms with E-state index in [0.717, 1.165) is 0 Å². The van der Waals surface area contributed by atoms with Gasteiger partial charge in [0, 0.05) is 0 Å². The van der Waals surface area contributed by atoms with Gasteiger partial charge in [0.15, 0.2) is 22.9 Å². The molecular formula is C26H21FIN3O5S. The lowest BCUT2D eigenvalue weighted by Gasteiger charge is -2.24. The first-order valence-corrected chi connectivity index (χ1v) is 13.0. The summed E-state index contributed by atoms with van der Waals surface area (Å²) < 4.78 is 32.4. The number of thiazole rings is 1. The van der Waals surface area contributed by atoms with Crippen LogP contribution in [-0.2, 0) is 9.53 Å². The molecule has 37 heavy (non-hydrogen) atoms. The Hall–Kier alpha value is -3.50. The number of hydrogen-bond acceptors (Lipinski definition) is 8. The van der Waals surface area contributed by atoms with Crippen LogP contribution < -0.4 is 24.4 Å². The van der Waals surface area contributed by atoms with Gasteiger partial charge in [0.1, 0.15) is 11.9 Å². The summed E-state index contributed by atoms with van der Waals surface area (Å²) in [7, 11) is 1.49.